The van der Waals surface area contributed by atoms with E-state index >= 15 is 0 Å². The van der Waals surface area contributed by atoms with Crippen LogP contribution in [0.5, 0.6) is 5.75 Å². The summed E-state index contributed by atoms with van der Waals surface area (Å²) in [5.74, 6) is 2.02. The monoisotopic (exact) mass is 508 g/mol. The van der Waals surface area contributed by atoms with Crippen LogP contribution in [0.2, 0.25) is 0 Å². The van der Waals surface area contributed by atoms with Gasteiger partial charge < -0.3 is 19.0 Å². The van der Waals surface area contributed by atoms with E-state index < -0.39 is 0 Å². The molecule has 0 spiro atoms. The van der Waals surface area contributed by atoms with Gasteiger partial charge in [-0.15, -0.1) is 11.3 Å². The van der Waals surface area contributed by atoms with Crippen molar-refractivity contribution < 1.29 is 18.7 Å². The molecule has 3 heterocycles. The van der Waals surface area contributed by atoms with Crippen LogP contribution in [0, 0.1) is 5.92 Å². The normalized spacial score (nSPS) is 15.3. The lowest BCUT2D eigenvalue weighted by atomic mass is 10.00. The Hall–Kier alpha value is -3.06. The third-order valence-electron chi connectivity index (χ3n) is 6.56. The van der Waals surface area contributed by atoms with Crippen molar-refractivity contribution in [2.45, 2.75) is 59.0 Å². The predicted molar refractivity (Wildman–Crippen MR) is 142 cm³/mol. The van der Waals surface area contributed by atoms with Crippen molar-refractivity contribution in [2.24, 2.45) is 5.92 Å². The molecule has 0 bridgehead atoms. The van der Waals surface area contributed by atoms with Crippen LogP contribution in [0.4, 0.5) is 0 Å². The maximum atomic E-state index is 13.6. The van der Waals surface area contributed by atoms with Crippen LogP contribution in [-0.4, -0.2) is 41.3 Å². The summed E-state index contributed by atoms with van der Waals surface area (Å²) in [7, 11) is 0. The molecule has 192 valence electrons. The number of hydrogen-bond acceptors (Lipinski definition) is 5. The second-order valence-electron chi connectivity index (χ2n) is 10.1. The van der Waals surface area contributed by atoms with Gasteiger partial charge in [0.05, 0.1) is 18.8 Å². The van der Waals surface area contributed by atoms with Gasteiger partial charge in [0.15, 0.2) is 0 Å². The van der Waals surface area contributed by atoms with Crippen molar-refractivity contribution in [3.8, 4) is 5.75 Å². The molecule has 0 unspecified atom stereocenters. The highest BCUT2D eigenvalue weighted by molar-refractivity contribution is 7.10. The minimum Gasteiger partial charge on any atom is -0.491 e. The van der Waals surface area contributed by atoms with E-state index in [9.17, 15) is 9.59 Å². The molecule has 1 atom stereocenters. The van der Waals surface area contributed by atoms with Gasteiger partial charge in [0.2, 0.25) is 11.8 Å². The van der Waals surface area contributed by atoms with Crippen molar-refractivity contribution in [3.05, 3.63) is 75.9 Å². The first-order valence-electron chi connectivity index (χ1n) is 12.7. The number of rotatable bonds is 10. The van der Waals surface area contributed by atoms with Gasteiger partial charge in [0, 0.05) is 17.8 Å². The van der Waals surface area contributed by atoms with Crippen LogP contribution in [-0.2, 0) is 22.6 Å². The zero-order chi connectivity index (χ0) is 25.7. The van der Waals surface area contributed by atoms with E-state index in [0.29, 0.717) is 31.3 Å². The zero-order valence-corrected chi connectivity index (χ0v) is 22.4. The summed E-state index contributed by atoms with van der Waals surface area (Å²) in [5.41, 5.74) is 2.41. The molecule has 7 heteroatoms. The summed E-state index contributed by atoms with van der Waals surface area (Å²) < 4.78 is 11.7. The molecule has 4 rings (SSSR count). The van der Waals surface area contributed by atoms with Gasteiger partial charge >= 0.3 is 0 Å². The smallest absolute Gasteiger partial charge is 0.242 e. The highest BCUT2D eigenvalue weighted by Crippen LogP contribution is 2.34. The predicted octanol–water partition coefficient (Wildman–Crippen LogP) is 6.04. The third kappa shape index (κ3) is 6.38. The molecular formula is C29H36N2O4S. The molecule has 0 fully saturated rings. The molecule has 6 nitrogen and oxygen atoms in total. The largest absolute Gasteiger partial charge is 0.491 e. The molecule has 1 aliphatic heterocycles. The number of ether oxygens (including phenoxy) is 1. The number of hydrogen-bond donors (Lipinski definition) is 0. The van der Waals surface area contributed by atoms with Crippen LogP contribution in [0.1, 0.15) is 67.8 Å². The lowest BCUT2D eigenvalue weighted by Crippen LogP contribution is -2.47. The lowest BCUT2D eigenvalue weighted by molar-refractivity contribution is -0.143. The fraction of sp³-hybridized carbons (Fsp3) is 0.448. The van der Waals surface area contributed by atoms with Gasteiger partial charge in [-0.05, 0) is 65.1 Å². The Labute approximate surface area is 217 Å². The Morgan fingerprint density at radius 3 is 2.58 bits per heavy atom. The molecule has 0 saturated heterocycles. The summed E-state index contributed by atoms with van der Waals surface area (Å²) >= 11 is 1.73. The van der Waals surface area contributed by atoms with Crippen molar-refractivity contribution in [3.63, 3.8) is 0 Å². The molecule has 3 aromatic rings. The number of carbonyl (C=O) groups is 2. The van der Waals surface area contributed by atoms with Gasteiger partial charge in [-0.25, -0.2) is 0 Å². The van der Waals surface area contributed by atoms with Crippen molar-refractivity contribution in [1.82, 2.24) is 9.80 Å². The number of nitrogens with zero attached hydrogens (tertiary/aromatic N) is 2. The molecule has 0 N–H and O–H groups in total. The lowest BCUT2D eigenvalue weighted by Gasteiger charge is -2.37. The molecule has 36 heavy (non-hydrogen) atoms. The summed E-state index contributed by atoms with van der Waals surface area (Å²) in [4.78, 5) is 31.5. The van der Waals surface area contributed by atoms with E-state index in [1.165, 1.54) is 10.4 Å². The minimum absolute atomic E-state index is 0.0192. The van der Waals surface area contributed by atoms with Crippen LogP contribution < -0.4 is 4.74 Å². The van der Waals surface area contributed by atoms with Gasteiger partial charge in [-0.1, -0.05) is 39.8 Å². The van der Waals surface area contributed by atoms with Crippen molar-refractivity contribution in [2.75, 3.05) is 19.7 Å². The van der Waals surface area contributed by atoms with E-state index in [1.54, 1.807) is 28.6 Å². The van der Waals surface area contributed by atoms with Crippen LogP contribution >= 0.6 is 11.3 Å². The van der Waals surface area contributed by atoms with Crippen molar-refractivity contribution in [1.29, 1.82) is 0 Å². The quantitative estimate of drug-likeness (QED) is 0.335. The Kier molecular flexibility index (Phi) is 8.52. The number of thiophene rings is 1. The fourth-order valence-corrected chi connectivity index (χ4v) is 5.48. The number of carbonyl (C=O) groups excluding carboxylic acids is 2. The zero-order valence-electron chi connectivity index (χ0n) is 21.6. The maximum absolute atomic E-state index is 13.6. The fourth-order valence-electron chi connectivity index (χ4n) is 4.55. The first-order chi connectivity index (χ1) is 17.3. The van der Waals surface area contributed by atoms with Gasteiger partial charge in [0.1, 0.15) is 24.7 Å². The highest BCUT2D eigenvalue weighted by Gasteiger charge is 2.33. The molecule has 1 aliphatic rings. The Morgan fingerprint density at radius 2 is 1.92 bits per heavy atom. The van der Waals surface area contributed by atoms with E-state index in [1.807, 2.05) is 36.9 Å². The third-order valence-corrected chi connectivity index (χ3v) is 7.55. The van der Waals surface area contributed by atoms with E-state index in [4.69, 9.17) is 9.15 Å². The van der Waals surface area contributed by atoms with Crippen LogP contribution in [0.3, 0.4) is 0 Å². The highest BCUT2D eigenvalue weighted by atomic mass is 32.1. The standard InChI is InChI=1S/C29H36N2O4S/c1-20(2)16-28(32)30(17-24-6-5-14-34-24)18-29(33)31-13-11-27-25(12-15-36-27)26(31)19-35-23-9-7-22(8-10-23)21(3)4/h5-10,12,14-15,20-21,26H,11,13,16-19H2,1-4H3/t26-/m1/s1. The first-order valence-corrected chi connectivity index (χ1v) is 13.6. The number of furan rings is 1. The van der Waals surface area contributed by atoms with E-state index in [0.717, 1.165) is 17.7 Å². The van der Waals surface area contributed by atoms with E-state index in [-0.39, 0.29) is 36.9 Å². The average molecular weight is 509 g/mol. The van der Waals surface area contributed by atoms with Gasteiger partial charge in [-0.2, -0.15) is 0 Å². The summed E-state index contributed by atoms with van der Waals surface area (Å²) in [6.07, 6.45) is 2.80. The summed E-state index contributed by atoms with van der Waals surface area (Å²) in [6, 6.07) is 13.7. The molecule has 0 saturated carbocycles. The summed E-state index contributed by atoms with van der Waals surface area (Å²) in [5, 5.41) is 2.08. The van der Waals surface area contributed by atoms with Gasteiger partial charge in [0.25, 0.3) is 0 Å². The topological polar surface area (TPSA) is 63.0 Å². The molecule has 1 aromatic carbocycles. The van der Waals surface area contributed by atoms with E-state index in [2.05, 4.69) is 37.4 Å². The second kappa shape index (κ2) is 11.8. The van der Waals surface area contributed by atoms with Crippen LogP contribution in [0.25, 0.3) is 0 Å². The Morgan fingerprint density at radius 1 is 1.14 bits per heavy atom. The first kappa shape index (κ1) is 26.0. The maximum Gasteiger partial charge on any atom is 0.242 e. The Bertz CT molecular complexity index is 1130. The molecule has 2 amide bonds. The minimum atomic E-state index is -0.192. The number of fused-ring (bicyclic) bond motifs is 1. The van der Waals surface area contributed by atoms with Crippen LogP contribution in [0.15, 0.2) is 58.5 Å². The molecule has 0 radical (unpaired) electrons. The molecular weight excluding hydrogens is 472 g/mol. The average Bonchev–Trinajstić information content (AvgIpc) is 3.54. The number of benzene rings is 1. The summed E-state index contributed by atoms with van der Waals surface area (Å²) in [6.45, 7) is 9.63. The SMILES string of the molecule is CC(C)CC(=O)N(CC(=O)N1CCc2sccc2[C@H]1COc1ccc(C(C)C)cc1)Cc1ccco1. The van der Waals surface area contributed by atoms with Crippen molar-refractivity contribution >= 4 is 23.2 Å². The molecule has 2 aromatic heterocycles. The molecule has 0 aliphatic carbocycles. The Balaban J connectivity index is 1.50. The number of amides is 2. The van der Waals surface area contributed by atoms with Gasteiger partial charge in [-0.3, -0.25) is 9.59 Å². The second-order valence-corrected chi connectivity index (χ2v) is 11.1.